The molecule has 1 fully saturated rings. The molecule has 0 saturated carbocycles. The number of ether oxygens (including phenoxy) is 4. The van der Waals surface area contributed by atoms with E-state index in [1.165, 1.54) is 6.42 Å². The van der Waals surface area contributed by atoms with Gasteiger partial charge in [-0.15, -0.1) is 0 Å². The first-order valence-electron chi connectivity index (χ1n) is 9.72. The lowest BCUT2D eigenvalue weighted by Crippen LogP contribution is -2.31. The number of para-hydroxylation sites is 2. The first-order chi connectivity index (χ1) is 13.2. The predicted octanol–water partition coefficient (Wildman–Crippen LogP) is 4.64. The summed E-state index contributed by atoms with van der Waals surface area (Å²) >= 11 is 0. The highest BCUT2D eigenvalue weighted by Gasteiger charge is 2.34. The number of allylic oxidation sites excluding steroid dienone is 1. The third kappa shape index (κ3) is 6.44. The topological polar surface area (TPSA) is 57.2 Å². The Morgan fingerprint density at radius 1 is 1.07 bits per heavy atom. The Bertz CT molecular complexity index is 657. The highest BCUT2D eigenvalue weighted by Crippen LogP contribution is 2.34. The minimum absolute atomic E-state index is 0.427. The van der Waals surface area contributed by atoms with Crippen molar-refractivity contribution < 1.29 is 23.7 Å². The van der Waals surface area contributed by atoms with Gasteiger partial charge in [0, 0.05) is 12.5 Å². The van der Waals surface area contributed by atoms with Crippen LogP contribution in [0.5, 0.6) is 11.5 Å². The molecule has 28 heavy (non-hydrogen) atoms. The van der Waals surface area contributed by atoms with Crippen LogP contribution >= 0.6 is 0 Å². The normalized spacial score (nSPS) is 21.6. The number of fused-ring (bicyclic) bond motifs is 1. The lowest BCUT2D eigenvalue weighted by atomic mass is 9.89. The summed E-state index contributed by atoms with van der Waals surface area (Å²) in [5.74, 6) is 3.02. The van der Waals surface area contributed by atoms with Crippen LogP contribution in [0.25, 0.3) is 0 Å². The van der Waals surface area contributed by atoms with Gasteiger partial charge in [0.2, 0.25) is 0 Å². The van der Waals surface area contributed by atoms with Gasteiger partial charge < -0.3 is 18.9 Å². The van der Waals surface area contributed by atoms with Gasteiger partial charge in [-0.25, -0.2) is 4.79 Å². The van der Waals surface area contributed by atoms with E-state index in [0.717, 1.165) is 42.6 Å². The molecular formula is C22H33NO5. The van der Waals surface area contributed by atoms with Crippen molar-refractivity contribution in [1.29, 1.82) is 0 Å². The molecule has 2 atom stereocenters. The largest absolute Gasteiger partial charge is 0.514 e. The van der Waals surface area contributed by atoms with Gasteiger partial charge in [-0.3, -0.25) is 4.90 Å². The highest BCUT2D eigenvalue weighted by atomic mass is 16.7. The molecule has 0 N–H and O–H groups in total. The second-order valence-corrected chi connectivity index (χ2v) is 8.11. The summed E-state index contributed by atoms with van der Waals surface area (Å²) in [4.78, 5) is 13.9. The summed E-state index contributed by atoms with van der Waals surface area (Å²) < 4.78 is 20.5. The molecule has 0 aromatic heterocycles. The average molecular weight is 392 g/mol. The van der Waals surface area contributed by atoms with Crippen molar-refractivity contribution in [2.45, 2.75) is 51.7 Å². The van der Waals surface area contributed by atoms with Crippen molar-refractivity contribution in [1.82, 2.24) is 4.90 Å². The summed E-state index contributed by atoms with van der Waals surface area (Å²) in [7, 11) is 5.37. The molecule has 6 nitrogen and oxygen atoms in total. The molecule has 0 amide bonds. The predicted molar refractivity (Wildman–Crippen MR) is 109 cm³/mol. The SMILES string of the molecule is CN1CCC2CCC(OC(=O)OC(C)(C)C)=CC21.COc1ccccc1OC. The molecule has 1 aromatic carbocycles. The lowest BCUT2D eigenvalue weighted by molar-refractivity contribution is 0.00391. The second-order valence-electron chi connectivity index (χ2n) is 8.11. The molecule has 156 valence electrons. The molecule has 1 heterocycles. The number of benzene rings is 1. The van der Waals surface area contributed by atoms with Gasteiger partial charge in [-0.05, 0) is 71.3 Å². The summed E-state index contributed by atoms with van der Waals surface area (Å²) in [6.45, 7) is 6.64. The highest BCUT2D eigenvalue weighted by molar-refractivity contribution is 5.62. The monoisotopic (exact) mass is 391 g/mol. The van der Waals surface area contributed by atoms with E-state index in [9.17, 15) is 4.79 Å². The maximum absolute atomic E-state index is 11.6. The van der Waals surface area contributed by atoms with E-state index in [2.05, 4.69) is 18.0 Å². The van der Waals surface area contributed by atoms with E-state index in [4.69, 9.17) is 18.9 Å². The number of carbonyl (C=O) groups is 1. The number of likely N-dealkylation sites (tertiary alicyclic amines) is 1. The van der Waals surface area contributed by atoms with E-state index in [1.807, 2.05) is 45.0 Å². The zero-order valence-electron chi connectivity index (χ0n) is 17.9. The Hall–Kier alpha value is -2.21. The zero-order valence-corrected chi connectivity index (χ0v) is 17.9. The van der Waals surface area contributed by atoms with Crippen LogP contribution in [0.1, 0.15) is 40.0 Å². The Balaban J connectivity index is 0.000000237. The molecule has 1 aliphatic carbocycles. The maximum Gasteiger partial charge on any atom is 0.514 e. The molecule has 3 rings (SSSR count). The van der Waals surface area contributed by atoms with Gasteiger partial charge in [0.15, 0.2) is 11.5 Å². The summed E-state index contributed by atoms with van der Waals surface area (Å²) in [6, 6.07) is 7.96. The van der Waals surface area contributed by atoms with Crippen molar-refractivity contribution in [2.24, 2.45) is 5.92 Å². The maximum atomic E-state index is 11.6. The van der Waals surface area contributed by atoms with Gasteiger partial charge in [0.25, 0.3) is 0 Å². The van der Waals surface area contributed by atoms with Crippen LogP contribution in [0.15, 0.2) is 36.1 Å². The van der Waals surface area contributed by atoms with Crippen molar-refractivity contribution in [2.75, 3.05) is 27.8 Å². The Morgan fingerprint density at radius 2 is 1.68 bits per heavy atom. The average Bonchev–Trinajstić information content (AvgIpc) is 3.01. The van der Waals surface area contributed by atoms with Gasteiger partial charge in [0.1, 0.15) is 11.4 Å². The van der Waals surface area contributed by atoms with Crippen molar-refractivity contribution in [3.05, 3.63) is 36.1 Å². The molecular weight excluding hydrogens is 358 g/mol. The van der Waals surface area contributed by atoms with Gasteiger partial charge in [-0.1, -0.05) is 12.1 Å². The van der Waals surface area contributed by atoms with Crippen LogP contribution < -0.4 is 9.47 Å². The smallest absolute Gasteiger partial charge is 0.493 e. The number of likely N-dealkylation sites (N-methyl/N-ethyl adjacent to an activating group) is 1. The first kappa shape index (κ1) is 22.1. The molecule has 2 unspecified atom stereocenters. The van der Waals surface area contributed by atoms with Gasteiger partial charge in [-0.2, -0.15) is 0 Å². The fourth-order valence-electron chi connectivity index (χ4n) is 3.48. The fraction of sp³-hybridized carbons (Fsp3) is 0.591. The van der Waals surface area contributed by atoms with E-state index in [0.29, 0.717) is 6.04 Å². The molecule has 0 radical (unpaired) electrons. The van der Waals surface area contributed by atoms with E-state index in [1.54, 1.807) is 14.2 Å². The number of carbonyl (C=O) groups excluding carboxylic acids is 1. The molecule has 6 heteroatoms. The van der Waals surface area contributed by atoms with Crippen molar-refractivity contribution in [3.8, 4) is 11.5 Å². The molecule has 2 aliphatic rings. The number of hydrogen-bond acceptors (Lipinski definition) is 6. The lowest BCUT2D eigenvalue weighted by Gasteiger charge is -2.27. The third-order valence-corrected chi connectivity index (χ3v) is 4.86. The minimum atomic E-state index is -0.590. The van der Waals surface area contributed by atoms with Crippen LogP contribution in [0.2, 0.25) is 0 Å². The number of hydrogen-bond donors (Lipinski definition) is 0. The van der Waals surface area contributed by atoms with E-state index in [-0.39, 0.29) is 0 Å². The van der Waals surface area contributed by atoms with Crippen LogP contribution in [0, 0.1) is 5.92 Å². The fourth-order valence-corrected chi connectivity index (χ4v) is 3.48. The van der Waals surface area contributed by atoms with Crippen LogP contribution in [-0.4, -0.2) is 50.5 Å². The molecule has 1 aromatic rings. The van der Waals surface area contributed by atoms with Crippen LogP contribution in [0.3, 0.4) is 0 Å². The summed E-state index contributed by atoms with van der Waals surface area (Å²) in [5.41, 5.74) is -0.501. The number of methoxy groups -OCH3 is 2. The van der Waals surface area contributed by atoms with Gasteiger partial charge >= 0.3 is 6.16 Å². The first-order valence-corrected chi connectivity index (χ1v) is 9.72. The van der Waals surface area contributed by atoms with Crippen LogP contribution in [-0.2, 0) is 9.47 Å². The van der Waals surface area contributed by atoms with Gasteiger partial charge in [0.05, 0.1) is 14.2 Å². The molecule has 0 spiro atoms. The van der Waals surface area contributed by atoms with Crippen molar-refractivity contribution in [3.63, 3.8) is 0 Å². The Labute approximate surface area is 168 Å². The molecule has 0 bridgehead atoms. The molecule has 1 saturated heterocycles. The van der Waals surface area contributed by atoms with E-state index >= 15 is 0 Å². The second kappa shape index (κ2) is 9.82. The minimum Gasteiger partial charge on any atom is -0.493 e. The number of rotatable bonds is 3. The third-order valence-electron chi connectivity index (χ3n) is 4.86. The van der Waals surface area contributed by atoms with E-state index < -0.39 is 11.8 Å². The Kier molecular flexibility index (Phi) is 7.75. The Morgan fingerprint density at radius 3 is 2.21 bits per heavy atom. The number of nitrogens with zero attached hydrogens (tertiary/aromatic N) is 1. The standard InChI is InChI=1S/C14H23NO3.C8H10O2/c1-14(2,3)18-13(16)17-11-6-5-10-7-8-15(4)12(10)9-11;1-9-7-5-3-4-6-8(7)10-2/h9-10,12H,5-8H2,1-4H3;3-6H,1-2H3. The zero-order chi connectivity index (χ0) is 20.7. The van der Waals surface area contributed by atoms with Crippen molar-refractivity contribution >= 4 is 6.16 Å². The molecule has 1 aliphatic heterocycles. The summed E-state index contributed by atoms with van der Waals surface area (Å²) in [6.07, 6.45) is 4.69. The summed E-state index contributed by atoms with van der Waals surface area (Å²) in [5, 5.41) is 0. The van der Waals surface area contributed by atoms with Crippen LogP contribution in [0.4, 0.5) is 4.79 Å². The quantitative estimate of drug-likeness (QED) is 0.700.